The molecule has 1 aliphatic rings. The van der Waals surface area contributed by atoms with Crippen LogP contribution in [0, 0.1) is 0 Å². The molecule has 0 bridgehead atoms. The SMILES string of the molecule is COc1cc(OC)cc(N(CCCN2CCCC2CCl)c2ccc3ncc(-c4cnn(C)c4)nc3c2)c1. The predicted octanol–water partition coefficient (Wildman–Crippen LogP) is 5.28. The van der Waals surface area contributed by atoms with E-state index >= 15 is 0 Å². The lowest BCUT2D eigenvalue weighted by Crippen LogP contribution is -2.33. The van der Waals surface area contributed by atoms with Crippen molar-refractivity contribution in [2.24, 2.45) is 7.05 Å². The van der Waals surface area contributed by atoms with Crippen molar-refractivity contribution in [3.05, 3.63) is 55.0 Å². The van der Waals surface area contributed by atoms with Crippen molar-refractivity contribution in [1.29, 1.82) is 0 Å². The van der Waals surface area contributed by atoms with Crippen molar-refractivity contribution >= 4 is 34.0 Å². The molecular weight excluding hydrogens is 488 g/mol. The second-order valence-electron chi connectivity index (χ2n) is 9.39. The van der Waals surface area contributed by atoms with Crippen molar-refractivity contribution in [3.8, 4) is 22.8 Å². The standard InChI is InChI=1S/C28H33ClN6O2/c1-33-19-20(17-31-33)28-18-30-26-8-7-21(14-27(26)32-28)35(11-5-10-34-9-4-6-22(34)16-29)23-12-24(36-2)15-25(13-23)37-3/h7-8,12-15,17-19,22H,4-6,9-11,16H2,1-3H3. The largest absolute Gasteiger partial charge is 0.497 e. The van der Waals surface area contributed by atoms with E-state index in [0.29, 0.717) is 11.9 Å². The Bertz CT molecular complexity index is 1340. The molecule has 2 aromatic carbocycles. The minimum absolute atomic E-state index is 0.480. The highest BCUT2D eigenvalue weighted by Gasteiger charge is 2.23. The summed E-state index contributed by atoms with van der Waals surface area (Å²) in [7, 11) is 5.25. The van der Waals surface area contributed by atoms with Gasteiger partial charge in [0.2, 0.25) is 0 Å². The molecular formula is C28H33ClN6O2. The second kappa shape index (κ2) is 11.4. The number of benzene rings is 2. The highest BCUT2D eigenvalue weighted by atomic mass is 35.5. The number of hydrogen-bond acceptors (Lipinski definition) is 7. The molecule has 0 saturated carbocycles. The highest BCUT2D eigenvalue weighted by Crippen LogP contribution is 2.34. The molecule has 2 aromatic heterocycles. The topological polar surface area (TPSA) is 68.5 Å². The third kappa shape index (κ3) is 5.65. The maximum Gasteiger partial charge on any atom is 0.124 e. The van der Waals surface area contributed by atoms with Gasteiger partial charge in [0.05, 0.1) is 43.3 Å². The quantitative estimate of drug-likeness (QED) is 0.263. The molecule has 1 atom stereocenters. The van der Waals surface area contributed by atoms with Crippen molar-refractivity contribution in [2.45, 2.75) is 25.3 Å². The summed E-state index contributed by atoms with van der Waals surface area (Å²) in [5, 5.41) is 4.27. The third-order valence-corrected chi connectivity index (χ3v) is 7.35. The maximum atomic E-state index is 6.22. The molecule has 1 fully saturated rings. The Kier molecular flexibility index (Phi) is 7.76. The molecule has 1 saturated heterocycles. The number of nitrogens with zero attached hydrogens (tertiary/aromatic N) is 6. The first-order chi connectivity index (χ1) is 18.1. The van der Waals surface area contributed by atoms with Crippen LogP contribution in [0.1, 0.15) is 19.3 Å². The Labute approximate surface area is 222 Å². The molecule has 5 rings (SSSR count). The number of halogens is 1. The van der Waals surface area contributed by atoms with Gasteiger partial charge in [-0.3, -0.25) is 14.6 Å². The van der Waals surface area contributed by atoms with E-state index in [1.54, 1.807) is 31.3 Å². The number of alkyl halides is 1. The Morgan fingerprint density at radius 2 is 1.84 bits per heavy atom. The molecule has 194 valence electrons. The van der Waals surface area contributed by atoms with E-state index in [2.05, 4.69) is 32.0 Å². The highest BCUT2D eigenvalue weighted by molar-refractivity contribution is 6.18. The van der Waals surface area contributed by atoms with Crippen molar-refractivity contribution in [3.63, 3.8) is 0 Å². The van der Waals surface area contributed by atoms with Crippen LogP contribution in [0.25, 0.3) is 22.3 Å². The molecule has 0 spiro atoms. The molecule has 1 aliphatic heterocycles. The summed E-state index contributed by atoms with van der Waals surface area (Å²) in [5.74, 6) is 2.19. The third-order valence-electron chi connectivity index (χ3n) is 6.99. The van der Waals surface area contributed by atoms with Gasteiger partial charge in [-0.2, -0.15) is 5.10 Å². The monoisotopic (exact) mass is 520 g/mol. The number of hydrogen-bond donors (Lipinski definition) is 0. The smallest absolute Gasteiger partial charge is 0.124 e. The second-order valence-corrected chi connectivity index (χ2v) is 9.70. The van der Waals surface area contributed by atoms with E-state index < -0.39 is 0 Å². The average molecular weight is 521 g/mol. The molecule has 0 radical (unpaired) electrons. The van der Waals surface area contributed by atoms with Gasteiger partial charge in [0.15, 0.2) is 0 Å². The van der Waals surface area contributed by atoms with Gasteiger partial charge < -0.3 is 14.4 Å². The lowest BCUT2D eigenvalue weighted by Gasteiger charge is -2.28. The van der Waals surface area contributed by atoms with E-state index in [0.717, 1.165) is 71.2 Å². The van der Waals surface area contributed by atoms with Crippen LogP contribution in [0.5, 0.6) is 11.5 Å². The number of rotatable bonds is 10. The van der Waals surface area contributed by atoms with Gasteiger partial charge in [0.1, 0.15) is 11.5 Å². The van der Waals surface area contributed by atoms with Gasteiger partial charge in [0, 0.05) is 73.4 Å². The van der Waals surface area contributed by atoms with E-state index in [-0.39, 0.29) is 0 Å². The molecule has 4 aromatic rings. The van der Waals surface area contributed by atoms with Gasteiger partial charge in [-0.15, -0.1) is 11.6 Å². The van der Waals surface area contributed by atoms with Gasteiger partial charge in [-0.25, -0.2) is 4.98 Å². The molecule has 8 nitrogen and oxygen atoms in total. The van der Waals surface area contributed by atoms with E-state index in [1.807, 2.05) is 37.5 Å². The lowest BCUT2D eigenvalue weighted by molar-refractivity contribution is 0.269. The van der Waals surface area contributed by atoms with E-state index in [1.165, 1.54) is 12.8 Å². The predicted molar refractivity (Wildman–Crippen MR) is 148 cm³/mol. The Morgan fingerprint density at radius 1 is 1.03 bits per heavy atom. The van der Waals surface area contributed by atoms with Crippen LogP contribution in [-0.2, 0) is 7.05 Å². The van der Waals surface area contributed by atoms with Crippen LogP contribution in [0.2, 0.25) is 0 Å². The number of fused-ring (bicyclic) bond motifs is 1. The van der Waals surface area contributed by atoms with E-state index in [4.69, 9.17) is 26.1 Å². The number of aryl methyl sites for hydroxylation is 1. The summed E-state index contributed by atoms with van der Waals surface area (Å²) in [6, 6.07) is 12.7. The van der Waals surface area contributed by atoms with Gasteiger partial charge >= 0.3 is 0 Å². The lowest BCUT2D eigenvalue weighted by atomic mass is 10.1. The average Bonchev–Trinajstić information content (AvgIpc) is 3.58. The Hall–Kier alpha value is -3.36. The summed E-state index contributed by atoms with van der Waals surface area (Å²) in [6.07, 6.45) is 8.95. The molecule has 9 heteroatoms. The fraction of sp³-hybridized carbons (Fsp3) is 0.393. The number of likely N-dealkylation sites (tertiary alicyclic amines) is 1. The van der Waals surface area contributed by atoms with Gasteiger partial charge in [-0.1, -0.05) is 0 Å². The number of methoxy groups -OCH3 is 2. The van der Waals surface area contributed by atoms with Crippen LogP contribution in [0.15, 0.2) is 55.0 Å². The zero-order valence-corrected chi connectivity index (χ0v) is 22.4. The minimum atomic E-state index is 0.480. The molecule has 1 unspecified atom stereocenters. The van der Waals surface area contributed by atoms with Crippen molar-refractivity contribution < 1.29 is 9.47 Å². The van der Waals surface area contributed by atoms with E-state index in [9.17, 15) is 0 Å². The maximum absolute atomic E-state index is 6.22. The van der Waals surface area contributed by atoms with Gasteiger partial charge in [-0.05, 0) is 44.0 Å². The molecule has 0 amide bonds. The first-order valence-corrected chi connectivity index (χ1v) is 13.2. The fourth-order valence-electron chi connectivity index (χ4n) is 5.01. The molecule has 37 heavy (non-hydrogen) atoms. The fourth-order valence-corrected chi connectivity index (χ4v) is 5.36. The van der Waals surface area contributed by atoms with Gasteiger partial charge in [0.25, 0.3) is 0 Å². The summed E-state index contributed by atoms with van der Waals surface area (Å²) in [5.41, 5.74) is 5.46. The first-order valence-electron chi connectivity index (χ1n) is 12.6. The summed E-state index contributed by atoms with van der Waals surface area (Å²) < 4.78 is 12.9. The van der Waals surface area contributed by atoms with Crippen LogP contribution in [0.3, 0.4) is 0 Å². The molecule has 0 aliphatic carbocycles. The van der Waals surface area contributed by atoms with Crippen LogP contribution >= 0.6 is 11.6 Å². The van der Waals surface area contributed by atoms with Crippen LogP contribution < -0.4 is 14.4 Å². The Balaban J connectivity index is 1.48. The molecule has 3 heterocycles. The summed E-state index contributed by atoms with van der Waals surface area (Å²) >= 11 is 6.22. The van der Waals surface area contributed by atoms with Crippen molar-refractivity contribution in [1.82, 2.24) is 24.6 Å². The van der Waals surface area contributed by atoms with Crippen molar-refractivity contribution in [2.75, 3.05) is 44.6 Å². The van der Waals surface area contributed by atoms with Crippen LogP contribution in [0.4, 0.5) is 11.4 Å². The first kappa shape index (κ1) is 25.3. The molecule has 0 N–H and O–H groups in total. The summed E-state index contributed by atoms with van der Waals surface area (Å²) in [6.45, 7) is 2.95. The normalized spacial score (nSPS) is 15.8. The number of aromatic nitrogens is 4. The number of ether oxygens (including phenoxy) is 2. The minimum Gasteiger partial charge on any atom is -0.497 e. The zero-order valence-electron chi connectivity index (χ0n) is 21.6. The Morgan fingerprint density at radius 3 is 2.54 bits per heavy atom. The zero-order chi connectivity index (χ0) is 25.8. The van der Waals surface area contributed by atoms with Crippen LogP contribution in [-0.4, -0.2) is 70.4 Å². The summed E-state index contributed by atoms with van der Waals surface area (Å²) in [4.78, 5) is 14.4. The number of anilines is 2.